The number of hydrogen-bond donors (Lipinski definition) is 0. The summed E-state index contributed by atoms with van der Waals surface area (Å²) in [4.78, 5) is 22.2. The van der Waals surface area contributed by atoms with E-state index in [9.17, 15) is 4.79 Å². The number of benzene rings is 2. The fourth-order valence-corrected chi connectivity index (χ4v) is 3.74. The van der Waals surface area contributed by atoms with Crippen molar-refractivity contribution in [2.45, 2.75) is 26.3 Å². The van der Waals surface area contributed by atoms with Gasteiger partial charge in [-0.1, -0.05) is 48.0 Å². The predicted octanol–water partition coefficient (Wildman–Crippen LogP) is 2.95. The Morgan fingerprint density at radius 3 is 2.52 bits per heavy atom. The van der Waals surface area contributed by atoms with Crippen molar-refractivity contribution in [2.75, 3.05) is 31.2 Å². The summed E-state index contributed by atoms with van der Waals surface area (Å²) in [6.45, 7) is 6.96. The Kier molecular flexibility index (Phi) is 4.94. The van der Waals surface area contributed by atoms with E-state index >= 15 is 0 Å². The smallest absolute Gasteiger partial charge is 0.259 e. The molecule has 0 aliphatic carbocycles. The number of ether oxygens (including phenoxy) is 1. The van der Waals surface area contributed by atoms with Crippen LogP contribution in [0.2, 0.25) is 0 Å². The van der Waals surface area contributed by atoms with E-state index in [1.54, 1.807) is 0 Å². The topological polar surface area (TPSA) is 45.1 Å². The summed E-state index contributed by atoms with van der Waals surface area (Å²) >= 11 is 0. The lowest BCUT2D eigenvalue weighted by atomic mass is 10.1. The molecule has 5 heteroatoms. The average Bonchev–Trinajstić information content (AvgIpc) is 3.00. The van der Waals surface area contributed by atoms with Gasteiger partial charge in [0.2, 0.25) is 5.96 Å². The van der Waals surface area contributed by atoms with Gasteiger partial charge in [-0.25, -0.2) is 9.89 Å². The number of anilines is 1. The fraction of sp³-hybridized carbons (Fsp3) is 0.364. The van der Waals surface area contributed by atoms with Crippen LogP contribution in [0.4, 0.5) is 5.69 Å². The SMILES string of the molecule is Cc1ccc(N2C(=O)C(Cc3ccccc3)N=C2N2CCOCC2)c(C)c1. The van der Waals surface area contributed by atoms with Crippen molar-refractivity contribution >= 4 is 17.6 Å². The van der Waals surface area contributed by atoms with Gasteiger partial charge in [-0.2, -0.15) is 0 Å². The number of morpholine rings is 1. The monoisotopic (exact) mass is 363 g/mol. The van der Waals surface area contributed by atoms with Gasteiger partial charge in [0.25, 0.3) is 5.91 Å². The van der Waals surface area contributed by atoms with Crippen LogP contribution in [0.15, 0.2) is 53.5 Å². The first-order valence-corrected chi connectivity index (χ1v) is 9.49. The van der Waals surface area contributed by atoms with Crippen LogP contribution in [-0.4, -0.2) is 49.1 Å². The van der Waals surface area contributed by atoms with Gasteiger partial charge in [0.15, 0.2) is 0 Å². The number of carbonyl (C=O) groups excluding carboxylic acids is 1. The van der Waals surface area contributed by atoms with Crippen molar-refractivity contribution in [3.63, 3.8) is 0 Å². The highest BCUT2D eigenvalue weighted by atomic mass is 16.5. The molecule has 140 valence electrons. The quantitative estimate of drug-likeness (QED) is 0.842. The van der Waals surface area contributed by atoms with Gasteiger partial charge in [-0.3, -0.25) is 4.79 Å². The zero-order valence-electron chi connectivity index (χ0n) is 15.9. The van der Waals surface area contributed by atoms with E-state index in [4.69, 9.17) is 9.73 Å². The summed E-state index contributed by atoms with van der Waals surface area (Å²) in [5, 5.41) is 0. The fourth-order valence-electron chi connectivity index (χ4n) is 3.74. The highest BCUT2D eigenvalue weighted by Crippen LogP contribution is 2.28. The third-order valence-corrected chi connectivity index (χ3v) is 5.14. The largest absolute Gasteiger partial charge is 0.378 e. The molecule has 1 fully saturated rings. The number of aryl methyl sites for hydroxylation is 2. The van der Waals surface area contributed by atoms with Gasteiger partial charge in [-0.05, 0) is 31.0 Å². The highest BCUT2D eigenvalue weighted by molar-refractivity contribution is 6.22. The summed E-state index contributed by atoms with van der Waals surface area (Å²) < 4.78 is 5.49. The highest BCUT2D eigenvalue weighted by Gasteiger charge is 2.39. The van der Waals surface area contributed by atoms with Crippen LogP contribution < -0.4 is 4.90 Å². The van der Waals surface area contributed by atoms with Gasteiger partial charge >= 0.3 is 0 Å². The van der Waals surface area contributed by atoms with Gasteiger partial charge < -0.3 is 9.64 Å². The molecule has 27 heavy (non-hydrogen) atoms. The van der Waals surface area contributed by atoms with E-state index in [1.165, 1.54) is 5.56 Å². The van der Waals surface area contributed by atoms with Crippen LogP contribution in [0.3, 0.4) is 0 Å². The van der Waals surface area contributed by atoms with Gasteiger partial charge in [-0.15, -0.1) is 0 Å². The molecule has 2 heterocycles. The molecule has 4 rings (SSSR count). The van der Waals surface area contributed by atoms with Crippen molar-refractivity contribution in [1.82, 2.24) is 4.90 Å². The van der Waals surface area contributed by atoms with E-state index in [1.807, 2.05) is 29.2 Å². The Hall–Kier alpha value is -2.66. The Morgan fingerprint density at radius 2 is 1.81 bits per heavy atom. The van der Waals surface area contributed by atoms with E-state index in [-0.39, 0.29) is 11.9 Å². The zero-order chi connectivity index (χ0) is 18.8. The number of rotatable bonds is 3. The lowest BCUT2D eigenvalue weighted by Gasteiger charge is -2.33. The van der Waals surface area contributed by atoms with Crippen LogP contribution in [0, 0.1) is 13.8 Å². The number of hydrogen-bond acceptors (Lipinski definition) is 4. The Bertz CT molecular complexity index is 857. The third-order valence-electron chi connectivity index (χ3n) is 5.14. The van der Waals surface area contributed by atoms with Gasteiger partial charge in [0, 0.05) is 19.5 Å². The molecule has 1 unspecified atom stereocenters. The molecule has 5 nitrogen and oxygen atoms in total. The Morgan fingerprint density at radius 1 is 1.07 bits per heavy atom. The molecule has 0 spiro atoms. The summed E-state index contributed by atoms with van der Waals surface area (Å²) in [6.07, 6.45) is 0.620. The maximum Gasteiger partial charge on any atom is 0.259 e. The van der Waals surface area contributed by atoms with Gasteiger partial charge in [0.05, 0.1) is 18.9 Å². The molecular weight excluding hydrogens is 338 g/mol. The molecule has 2 aliphatic heterocycles. The second-order valence-corrected chi connectivity index (χ2v) is 7.20. The maximum atomic E-state index is 13.4. The minimum Gasteiger partial charge on any atom is -0.378 e. The molecular formula is C22H25N3O2. The predicted molar refractivity (Wildman–Crippen MR) is 107 cm³/mol. The minimum absolute atomic E-state index is 0.0484. The van der Waals surface area contributed by atoms with Crippen molar-refractivity contribution in [3.05, 3.63) is 65.2 Å². The number of aliphatic imine (C=N–C) groups is 1. The van der Waals surface area contributed by atoms with Crippen LogP contribution in [0.5, 0.6) is 0 Å². The average molecular weight is 363 g/mol. The molecule has 2 aromatic carbocycles. The van der Waals surface area contributed by atoms with Crippen LogP contribution >= 0.6 is 0 Å². The van der Waals surface area contributed by atoms with Gasteiger partial charge in [0.1, 0.15) is 6.04 Å². The van der Waals surface area contributed by atoms with Crippen LogP contribution in [-0.2, 0) is 16.0 Å². The second kappa shape index (κ2) is 7.53. The van der Waals surface area contributed by atoms with E-state index in [2.05, 4.69) is 43.0 Å². The Labute approximate surface area is 160 Å². The van der Waals surface area contributed by atoms with Crippen LogP contribution in [0.1, 0.15) is 16.7 Å². The summed E-state index contributed by atoms with van der Waals surface area (Å²) in [6, 6.07) is 15.9. The second-order valence-electron chi connectivity index (χ2n) is 7.20. The first-order chi connectivity index (χ1) is 13.1. The normalized spacial score (nSPS) is 20.1. The minimum atomic E-state index is -0.383. The summed E-state index contributed by atoms with van der Waals surface area (Å²) in [5.74, 6) is 0.809. The lowest BCUT2D eigenvalue weighted by molar-refractivity contribution is -0.118. The molecule has 1 saturated heterocycles. The van der Waals surface area contributed by atoms with E-state index in [0.29, 0.717) is 19.6 Å². The molecule has 0 N–H and O–H groups in total. The number of guanidine groups is 1. The van der Waals surface area contributed by atoms with E-state index in [0.717, 1.165) is 35.9 Å². The van der Waals surface area contributed by atoms with Crippen LogP contribution in [0.25, 0.3) is 0 Å². The standard InChI is InChI=1S/C22H25N3O2/c1-16-8-9-20(17(2)14-16)25-21(26)19(15-18-6-4-3-5-7-18)23-22(25)24-10-12-27-13-11-24/h3-9,14,19H,10-13,15H2,1-2H3. The van der Waals surface area contributed by atoms with Crippen molar-refractivity contribution in [2.24, 2.45) is 4.99 Å². The molecule has 0 aromatic heterocycles. The van der Waals surface area contributed by atoms with E-state index < -0.39 is 0 Å². The summed E-state index contributed by atoms with van der Waals surface area (Å²) in [5.41, 5.74) is 4.33. The number of nitrogens with zero attached hydrogens (tertiary/aromatic N) is 3. The molecule has 0 bridgehead atoms. The molecule has 1 atom stereocenters. The third kappa shape index (κ3) is 3.60. The zero-order valence-corrected chi connectivity index (χ0v) is 15.9. The maximum absolute atomic E-state index is 13.4. The summed E-state index contributed by atoms with van der Waals surface area (Å²) in [7, 11) is 0. The molecule has 1 amide bonds. The number of amides is 1. The van der Waals surface area contributed by atoms with Crippen molar-refractivity contribution in [3.8, 4) is 0 Å². The Balaban J connectivity index is 1.69. The van der Waals surface area contributed by atoms with Crippen molar-refractivity contribution in [1.29, 1.82) is 0 Å². The van der Waals surface area contributed by atoms with Crippen molar-refractivity contribution < 1.29 is 9.53 Å². The first kappa shape index (κ1) is 17.7. The number of carbonyl (C=O) groups is 1. The molecule has 2 aromatic rings. The molecule has 0 radical (unpaired) electrons. The molecule has 2 aliphatic rings. The first-order valence-electron chi connectivity index (χ1n) is 9.49. The molecule has 0 saturated carbocycles. The lowest BCUT2D eigenvalue weighted by Crippen LogP contribution is -2.49.